The molecule has 0 saturated heterocycles. The number of nitrogens with one attached hydrogen (secondary N) is 1. The third-order valence-corrected chi connectivity index (χ3v) is 2.68. The normalized spacial score (nSPS) is 13.7. The largest absolute Gasteiger partial charge is 0.348 e. The van der Waals surface area contributed by atoms with Crippen LogP contribution in [0.3, 0.4) is 0 Å². The first kappa shape index (κ1) is 9.08. The molecule has 80 valence electrons. The molecule has 5 nitrogen and oxygen atoms in total. The number of hydrogen-bond donors (Lipinski definition) is 1. The van der Waals surface area contributed by atoms with Crippen molar-refractivity contribution in [3.8, 4) is 11.3 Å². The summed E-state index contributed by atoms with van der Waals surface area (Å²) in [5, 5.41) is 6.88. The van der Waals surface area contributed by atoms with E-state index in [1.165, 1.54) is 0 Å². The van der Waals surface area contributed by atoms with Gasteiger partial charge in [0, 0.05) is 31.5 Å². The van der Waals surface area contributed by atoms with E-state index in [4.69, 9.17) is 0 Å². The predicted molar refractivity (Wildman–Crippen MR) is 57.6 cm³/mol. The molecule has 0 spiro atoms. The van der Waals surface area contributed by atoms with Crippen molar-refractivity contribution in [2.75, 3.05) is 0 Å². The van der Waals surface area contributed by atoms with Crippen molar-refractivity contribution in [1.82, 2.24) is 20.1 Å². The van der Waals surface area contributed by atoms with Crippen LogP contribution in [-0.2, 0) is 13.6 Å². The number of aryl methyl sites for hydroxylation is 1. The highest BCUT2D eigenvalue weighted by Crippen LogP contribution is 2.26. The number of carbonyl (C=O) groups is 1. The molecule has 3 rings (SSSR count). The summed E-state index contributed by atoms with van der Waals surface area (Å²) in [6.45, 7) is 0.587. The molecule has 1 N–H and O–H groups in total. The summed E-state index contributed by atoms with van der Waals surface area (Å²) >= 11 is 0. The number of nitrogens with zero attached hydrogens (tertiary/aromatic N) is 3. The van der Waals surface area contributed by atoms with Crippen molar-refractivity contribution in [2.24, 2.45) is 7.05 Å². The minimum absolute atomic E-state index is 0.0537. The van der Waals surface area contributed by atoms with Gasteiger partial charge >= 0.3 is 0 Å². The Morgan fingerprint density at radius 2 is 2.38 bits per heavy atom. The molecule has 0 unspecified atom stereocenters. The number of hydrogen-bond acceptors (Lipinski definition) is 3. The highest BCUT2D eigenvalue weighted by atomic mass is 16.1. The Labute approximate surface area is 92.1 Å². The van der Waals surface area contributed by atoms with Gasteiger partial charge in [0.05, 0.1) is 17.5 Å². The van der Waals surface area contributed by atoms with Crippen molar-refractivity contribution in [3.63, 3.8) is 0 Å². The first-order chi connectivity index (χ1) is 7.75. The SMILES string of the molecule is Cn1cc(-c2nccc3c2C(=O)NC3)cn1. The van der Waals surface area contributed by atoms with E-state index in [0.29, 0.717) is 17.8 Å². The van der Waals surface area contributed by atoms with E-state index in [0.717, 1.165) is 11.1 Å². The van der Waals surface area contributed by atoms with Crippen LogP contribution >= 0.6 is 0 Å². The number of rotatable bonds is 1. The lowest BCUT2D eigenvalue weighted by atomic mass is 10.1. The third-order valence-electron chi connectivity index (χ3n) is 2.68. The van der Waals surface area contributed by atoms with E-state index in [2.05, 4.69) is 15.4 Å². The lowest BCUT2D eigenvalue weighted by Gasteiger charge is -2.01. The van der Waals surface area contributed by atoms with Gasteiger partial charge in [0.25, 0.3) is 5.91 Å². The van der Waals surface area contributed by atoms with Crippen LogP contribution in [0, 0.1) is 0 Å². The van der Waals surface area contributed by atoms with Gasteiger partial charge in [-0.25, -0.2) is 0 Å². The van der Waals surface area contributed by atoms with Crippen LogP contribution in [0.25, 0.3) is 11.3 Å². The lowest BCUT2D eigenvalue weighted by molar-refractivity contribution is 0.0966. The van der Waals surface area contributed by atoms with E-state index in [-0.39, 0.29) is 5.91 Å². The molecule has 1 aliphatic rings. The first-order valence-corrected chi connectivity index (χ1v) is 5.01. The van der Waals surface area contributed by atoms with Gasteiger partial charge in [0.2, 0.25) is 0 Å². The summed E-state index contributed by atoms with van der Waals surface area (Å²) in [6, 6.07) is 1.87. The summed E-state index contributed by atoms with van der Waals surface area (Å²) in [7, 11) is 1.84. The maximum absolute atomic E-state index is 11.7. The van der Waals surface area contributed by atoms with Gasteiger partial charge in [-0.05, 0) is 11.6 Å². The maximum Gasteiger partial charge on any atom is 0.254 e. The molecule has 0 radical (unpaired) electrons. The van der Waals surface area contributed by atoms with Gasteiger partial charge < -0.3 is 5.32 Å². The molecule has 5 heteroatoms. The van der Waals surface area contributed by atoms with Crippen LogP contribution in [0.4, 0.5) is 0 Å². The number of amides is 1. The molecule has 0 aliphatic carbocycles. The zero-order valence-corrected chi connectivity index (χ0v) is 8.77. The molecule has 0 bridgehead atoms. The summed E-state index contributed by atoms with van der Waals surface area (Å²) in [5.74, 6) is -0.0537. The maximum atomic E-state index is 11.7. The van der Waals surface area contributed by atoms with Crippen molar-refractivity contribution in [3.05, 3.63) is 35.8 Å². The van der Waals surface area contributed by atoms with Crippen LogP contribution in [-0.4, -0.2) is 20.7 Å². The fraction of sp³-hybridized carbons (Fsp3) is 0.182. The second kappa shape index (κ2) is 3.16. The van der Waals surface area contributed by atoms with E-state index in [1.807, 2.05) is 19.3 Å². The fourth-order valence-electron chi connectivity index (χ4n) is 1.93. The molecular formula is C11H10N4O. The van der Waals surface area contributed by atoms with Gasteiger partial charge in [-0.3, -0.25) is 14.5 Å². The Balaban J connectivity index is 2.22. The standard InChI is InChI=1S/C11H10N4O/c1-15-6-8(5-14-15)10-9-7(2-3-12-10)4-13-11(9)16/h2-3,5-6H,4H2,1H3,(H,13,16). The predicted octanol–water partition coefficient (Wildman–Crippen LogP) is 0.725. The number of fused-ring (bicyclic) bond motifs is 1. The fourth-order valence-corrected chi connectivity index (χ4v) is 1.93. The minimum atomic E-state index is -0.0537. The molecule has 0 fully saturated rings. The van der Waals surface area contributed by atoms with E-state index < -0.39 is 0 Å². The van der Waals surface area contributed by atoms with Gasteiger partial charge in [0.1, 0.15) is 0 Å². The van der Waals surface area contributed by atoms with Gasteiger partial charge in [-0.1, -0.05) is 0 Å². The Bertz CT molecular complexity index is 573. The van der Waals surface area contributed by atoms with Crippen molar-refractivity contribution in [1.29, 1.82) is 0 Å². The van der Waals surface area contributed by atoms with Gasteiger partial charge in [-0.15, -0.1) is 0 Å². The summed E-state index contributed by atoms with van der Waals surface area (Å²) < 4.78 is 1.70. The van der Waals surface area contributed by atoms with E-state index in [9.17, 15) is 4.79 Å². The zero-order valence-electron chi connectivity index (χ0n) is 8.77. The summed E-state index contributed by atoms with van der Waals surface area (Å²) in [5.41, 5.74) is 3.26. The van der Waals surface area contributed by atoms with Gasteiger partial charge in [-0.2, -0.15) is 5.10 Å². The Morgan fingerprint density at radius 1 is 1.50 bits per heavy atom. The smallest absolute Gasteiger partial charge is 0.254 e. The zero-order chi connectivity index (χ0) is 11.1. The number of pyridine rings is 1. The minimum Gasteiger partial charge on any atom is -0.348 e. The summed E-state index contributed by atoms with van der Waals surface area (Å²) in [4.78, 5) is 16.0. The van der Waals surface area contributed by atoms with Crippen molar-refractivity contribution < 1.29 is 4.79 Å². The molecule has 0 atom stereocenters. The van der Waals surface area contributed by atoms with Crippen LogP contribution in [0.2, 0.25) is 0 Å². The van der Waals surface area contributed by atoms with Crippen molar-refractivity contribution >= 4 is 5.91 Å². The molecule has 0 saturated carbocycles. The number of carbonyl (C=O) groups excluding carboxylic acids is 1. The van der Waals surface area contributed by atoms with Crippen LogP contribution < -0.4 is 5.32 Å². The highest BCUT2D eigenvalue weighted by molar-refractivity contribution is 6.03. The second-order valence-electron chi connectivity index (χ2n) is 3.78. The second-order valence-corrected chi connectivity index (χ2v) is 3.78. The average molecular weight is 214 g/mol. The molecule has 16 heavy (non-hydrogen) atoms. The van der Waals surface area contributed by atoms with Crippen molar-refractivity contribution in [2.45, 2.75) is 6.54 Å². The first-order valence-electron chi connectivity index (χ1n) is 5.01. The molecule has 2 aromatic heterocycles. The Morgan fingerprint density at radius 3 is 3.12 bits per heavy atom. The lowest BCUT2D eigenvalue weighted by Crippen LogP contribution is -2.13. The van der Waals surface area contributed by atoms with E-state index in [1.54, 1.807) is 17.1 Å². The summed E-state index contributed by atoms with van der Waals surface area (Å²) in [6.07, 6.45) is 5.30. The highest BCUT2D eigenvalue weighted by Gasteiger charge is 2.24. The molecule has 1 aliphatic heterocycles. The van der Waals surface area contributed by atoms with Crippen LogP contribution in [0.15, 0.2) is 24.7 Å². The van der Waals surface area contributed by atoms with Gasteiger partial charge in [0.15, 0.2) is 0 Å². The average Bonchev–Trinajstić information content (AvgIpc) is 2.86. The van der Waals surface area contributed by atoms with E-state index >= 15 is 0 Å². The molecule has 0 aromatic carbocycles. The van der Waals surface area contributed by atoms with Crippen LogP contribution in [0.1, 0.15) is 15.9 Å². The molecular weight excluding hydrogens is 204 g/mol. The topological polar surface area (TPSA) is 59.8 Å². The Hall–Kier alpha value is -2.17. The monoisotopic (exact) mass is 214 g/mol. The molecule has 3 heterocycles. The molecule has 1 amide bonds. The quantitative estimate of drug-likeness (QED) is 0.761. The van der Waals surface area contributed by atoms with Crippen LogP contribution in [0.5, 0.6) is 0 Å². The Kier molecular flexibility index (Phi) is 1.80. The number of aromatic nitrogens is 3. The molecule has 2 aromatic rings. The third kappa shape index (κ3) is 1.21.